The third-order valence-corrected chi connectivity index (χ3v) is 4.98. The van der Waals surface area contributed by atoms with Crippen LogP contribution < -0.4 is 4.74 Å². The average molecular weight is 418 g/mol. The van der Waals surface area contributed by atoms with Gasteiger partial charge in [-0.3, -0.25) is 24.6 Å². The maximum atomic E-state index is 12.4. The molecule has 0 saturated carbocycles. The fourth-order valence-corrected chi connectivity index (χ4v) is 3.23. The molecule has 1 fully saturated rings. The van der Waals surface area contributed by atoms with Crippen LogP contribution in [-0.2, 0) is 11.3 Å². The molecule has 0 unspecified atom stereocenters. The molecule has 3 rings (SSSR count). The predicted molar refractivity (Wildman–Crippen MR) is 107 cm³/mol. The maximum Gasteiger partial charge on any atom is 0.270 e. The SMILES string of the molecule is O=Cc1cc([N+](=O)[O-])ccc1OCC(=O)N1CCN(Cc2ccc(Cl)cc2)CC1. The monoisotopic (exact) mass is 417 g/mol. The number of carbonyl (C=O) groups excluding carboxylic acids is 2. The van der Waals surface area contributed by atoms with Crippen LogP contribution in [0.5, 0.6) is 5.75 Å². The first kappa shape index (κ1) is 20.8. The number of hydrogen-bond donors (Lipinski definition) is 0. The molecule has 2 aromatic carbocycles. The Labute approximate surface area is 172 Å². The van der Waals surface area contributed by atoms with Gasteiger partial charge >= 0.3 is 0 Å². The summed E-state index contributed by atoms with van der Waals surface area (Å²) < 4.78 is 5.44. The molecule has 0 aliphatic carbocycles. The average Bonchev–Trinajstić information content (AvgIpc) is 2.74. The smallest absolute Gasteiger partial charge is 0.270 e. The summed E-state index contributed by atoms with van der Waals surface area (Å²) in [4.78, 5) is 37.7. The molecule has 1 aliphatic heterocycles. The zero-order valence-corrected chi connectivity index (χ0v) is 16.4. The van der Waals surface area contributed by atoms with Crippen LogP contribution in [-0.4, -0.2) is 59.7 Å². The van der Waals surface area contributed by atoms with Crippen molar-refractivity contribution in [2.45, 2.75) is 6.54 Å². The number of benzene rings is 2. The van der Waals surface area contributed by atoms with Crippen molar-refractivity contribution < 1.29 is 19.2 Å². The number of ether oxygens (including phenoxy) is 1. The van der Waals surface area contributed by atoms with Crippen LogP contribution in [0.3, 0.4) is 0 Å². The summed E-state index contributed by atoms with van der Waals surface area (Å²) in [5.74, 6) is -0.0355. The van der Waals surface area contributed by atoms with Crippen LogP contribution in [0.2, 0.25) is 5.02 Å². The number of carbonyl (C=O) groups is 2. The standard InChI is InChI=1S/C20H20ClN3O5/c21-17-3-1-15(2-4-17)12-22-7-9-23(10-8-22)20(26)14-29-19-6-5-18(24(27)28)11-16(19)13-25/h1-6,11,13H,7-10,12,14H2. The van der Waals surface area contributed by atoms with Gasteiger partial charge in [-0.2, -0.15) is 0 Å². The van der Waals surface area contributed by atoms with E-state index in [1.54, 1.807) is 4.90 Å². The first-order chi connectivity index (χ1) is 14.0. The summed E-state index contributed by atoms with van der Waals surface area (Å²) in [6.45, 7) is 3.21. The number of hydrogen-bond acceptors (Lipinski definition) is 6. The highest BCUT2D eigenvalue weighted by Gasteiger charge is 2.22. The van der Waals surface area contributed by atoms with E-state index in [1.807, 2.05) is 24.3 Å². The van der Waals surface area contributed by atoms with Crippen LogP contribution >= 0.6 is 11.6 Å². The number of aldehydes is 1. The van der Waals surface area contributed by atoms with Gasteiger partial charge in [0.2, 0.25) is 0 Å². The predicted octanol–water partition coefficient (Wildman–Crippen LogP) is 2.78. The Morgan fingerprint density at radius 2 is 1.83 bits per heavy atom. The molecule has 8 nitrogen and oxygen atoms in total. The number of non-ortho nitro benzene ring substituents is 1. The van der Waals surface area contributed by atoms with Crippen LogP contribution in [0.4, 0.5) is 5.69 Å². The van der Waals surface area contributed by atoms with Crippen molar-refractivity contribution in [3.8, 4) is 5.75 Å². The van der Waals surface area contributed by atoms with Crippen LogP contribution in [0.25, 0.3) is 0 Å². The molecule has 1 amide bonds. The van der Waals surface area contributed by atoms with E-state index in [0.29, 0.717) is 24.4 Å². The van der Waals surface area contributed by atoms with Gasteiger partial charge in [-0.1, -0.05) is 23.7 Å². The van der Waals surface area contributed by atoms with E-state index in [-0.39, 0.29) is 29.5 Å². The van der Waals surface area contributed by atoms with Crippen molar-refractivity contribution in [2.24, 2.45) is 0 Å². The van der Waals surface area contributed by atoms with Gasteiger partial charge in [-0.15, -0.1) is 0 Å². The fraction of sp³-hybridized carbons (Fsp3) is 0.300. The lowest BCUT2D eigenvalue weighted by atomic mass is 10.2. The van der Waals surface area contributed by atoms with Gasteiger partial charge in [0.15, 0.2) is 12.9 Å². The third kappa shape index (κ3) is 5.52. The molecular formula is C20H20ClN3O5. The molecule has 0 atom stereocenters. The summed E-state index contributed by atoms with van der Waals surface area (Å²) in [6, 6.07) is 11.4. The second kappa shape index (κ2) is 9.49. The molecule has 152 valence electrons. The normalized spacial score (nSPS) is 14.4. The van der Waals surface area contributed by atoms with E-state index in [2.05, 4.69) is 4.90 Å². The molecule has 0 bridgehead atoms. The molecule has 1 heterocycles. The number of halogens is 1. The van der Waals surface area contributed by atoms with Crippen molar-refractivity contribution in [3.05, 3.63) is 68.7 Å². The van der Waals surface area contributed by atoms with Crippen molar-refractivity contribution >= 4 is 29.5 Å². The summed E-state index contributed by atoms with van der Waals surface area (Å²) in [5, 5.41) is 11.5. The molecule has 0 radical (unpaired) electrons. The van der Waals surface area contributed by atoms with Gasteiger partial charge < -0.3 is 9.64 Å². The highest BCUT2D eigenvalue weighted by Crippen LogP contribution is 2.23. The summed E-state index contributed by atoms with van der Waals surface area (Å²) in [7, 11) is 0. The zero-order valence-electron chi connectivity index (χ0n) is 15.6. The van der Waals surface area contributed by atoms with E-state index in [4.69, 9.17) is 16.3 Å². The minimum atomic E-state index is -0.592. The Bertz CT molecular complexity index is 895. The quantitative estimate of drug-likeness (QED) is 0.390. The first-order valence-electron chi connectivity index (χ1n) is 9.07. The van der Waals surface area contributed by atoms with Crippen LogP contribution in [0, 0.1) is 10.1 Å². The van der Waals surface area contributed by atoms with Crippen molar-refractivity contribution in [1.82, 2.24) is 9.80 Å². The summed E-state index contributed by atoms with van der Waals surface area (Å²) in [5.41, 5.74) is 0.999. The zero-order chi connectivity index (χ0) is 20.8. The minimum Gasteiger partial charge on any atom is -0.483 e. The number of nitro groups is 1. The van der Waals surface area contributed by atoms with Crippen molar-refractivity contribution in [2.75, 3.05) is 32.8 Å². The Morgan fingerprint density at radius 3 is 2.45 bits per heavy atom. The fourth-order valence-electron chi connectivity index (χ4n) is 3.11. The first-order valence-corrected chi connectivity index (χ1v) is 9.45. The highest BCUT2D eigenvalue weighted by atomic mass is 35.5. The lowest BCUT2D eigenvalue weighted by molar-refractivity contribution is -0.384. The molecule has 2 aromatic rings. The second-order valence-electron chi connectivity index (χ2n) is 6.67. The minimum absolute atomic E-state index is 0.0415. The Balaban J connectivity index is 1.49. The molecule has 0 aromatic heterocycles. The van der Waals surface area contributed by atoms with E-state index >= 15 is 0 Å². The lowest BCUT2D eigenvalue weighted by Crippen LogP contribution is -2.49. The second-order valence-corrected chi connectivity index (χ2v) is 7.11. The van der Waals surface area contributed by atoms with E-state index < -0.39 is 4.92 Å². The number of amides is 1. The Morgan fingerprint density at radius 1 is 1.14 bits per heavy atom. The molecule has 9 heteroatoms. The lowest BCUT2D eigenvalue weighted by Gasteiger charge is -2.34. The van der Waals surface area contributed by atoms with Gasteiger partial charge in [-0.25, -0.2) is 0 Å². The van der Waals surface area contributed by atoms with Gasteiger partial charge in [-0.05, 0) is 23.8 Å². The van der Waals surface area contributed by atoms with E-state index in [0.717, 1.165) is 31.3 Å². The largest absolute Gasteiger partial charge is 0.483 e. The van der Waals surface area contributed by atoms with Gasteiger partial charge in [0.05, 0.1) is 10.5 Å². The van der Waals surface area contributed by atoms with Gasteiger partial charge in [0, 0.05) is 49.9 Å². The number of piperazine rings is 1. The van der Waals surface area contributed by atoms with Gasteiger partial charge in [0.1, 0.15) is 5.75 Å². The topological polar surface area (TPSA) is 93.0 Å². The third-order valence-electron chi connectivity index (χ3n) is 4.73. The van der Waals surface area contributed by atoms with Crippen LogP contribution in [0.1, 0.15) is 15.9 Å². The van der Waals surface area contributed by atoms with E-state index in [9.17, 15) is 19.7 Å². The molecule has 1 aliphatic rings. The molecule has 0 N–H and O–H groups in total. The molecule has 29 heavy (non-hydrogen) atoms. The van der Waals surface area contributed by atoms with Crippen molar-refractivity contribution in [3.63, 3.8) is 0 Å². The number of rotatable bonds is 7. The molecule has 1 saturated heterocycles. The summed E-state index contributed by atoms with van der Waals surface area (Å²) in [6.07, 6.45) is 0.475. The molecule has 0 spiro atoms. The molecular weight excluding hydrogens is 398 g/mol. The number of nitrogens with zero attached hydrogens (tertiary/aromatic N) is 3. The Hall–Kier alpha value is -2.97. The maximum absolute atomic E-state index is 12.4. The highest BCUT2D eigenvalue weighted by molar-refractivity contribution is 6.30. The summed E-state index contributed by atoms with van der Waals surface area (Å²) >= 11 is 5.90. The van der Waals surface area contributed by atoms with Gasteiger partial charge in [0.25, 0.3) is 11.6 Å². The van der Waals surface area contributed by atoms with Crippen molar-refractivity contribution in [1.29, 1.82) is 0 Å². The van der Waals surface area contributed by atoms with Crippen LogP contribution in [0.15, 0.2) is 42.5 Å². The van der Waals surface area contributed by atoms with E-state index in [1.165, 1.54) is 12.1 Å². The Kier molecular flexibility index (Phi) is 6.79. The number of nitro benzene ring substituents is 1.